The second kappa shape index (κ2) is 5.51. The van der Waals surface area contributed by atoms with Crippen LogP contribution in [-0.4, -0.2) is 46.8 Å². The SMILES string of the molecule is Cc1nn(CCC(=O)N2CCNCC2)cc1Cl. The van der Waals surface area contributed by atoms with Crippen LogP contribution >= 0.6 is 11.6 Å². The Kier molecular flexibility index (Phi) is 4.02. The molecule has 2 rings (SSSR count). The maximum atomic E-state index is 11.9. The van der Waals surface area contributed by atoms with Crippen LogP contribution in [0.5, 0.6) is 0 Å². The van der Waals surface area contributed by atoms with E-state index in [-0.39, 0.29) is 5.91 Å². The minimum absolute atomic E-state index is 0.191. The van der Waals surface area contributed by atoms with E-state index >= 15 is 0 Å². The summed E-state index contributed by atoms with van der Waals surface area (Å²) in [5.41, 5.74) is 0.807. The number of amides is 1. The zero-order valence-electron chi connectivity index (χ0n) is 9.95. The van der Waals surface area contributed by atoms with Gasteiger partial charge in [-0.25, -0.2) is 0 Å². The van der Waals surface area contributed by atoms with E-state index in [2.05, 4.69) is 10.4 Å². The molecule has 6 heteroatoms. The number of hydrogen-bond donors (Lipinski definition) is 1. The third-order valence-corrected chi connectivity index (χ3v) is 3.28. The third kappa shape index (κ3) is 3.20. The quantitative estimate of drug-likeness (QED) is 0.865. The largest absolute Gasteiger partial charge is 0.340 e. The van der Waals surface area contributed by atoms with Gasteiger partial charge < -0.3 is 10.2 Å². The van der Waals surface area contributed by atoms with Gasteiger partial charge in [0.05, 0.1) is 10.7 Å². The van der Waals surface area contributed by atoms with E-state index in [1.165, 1.54) is 0 Å². The van der Waals surface area contributed by atoms with Crippen LogP contribution in [0.25, 0.3) is 0 Å². The lowest BCUT2D eigenvalue weighted by Crippen LogP contribution is -2.46. The lowest BCUT2D eigenvalue weighted by atomic mass is 10.3. The van der Waals surface area contributed by atoms with Crippen LogP contribution in [0.15, 0.2) is 6.20 Å². The molecule has 1 N–H and O–H groups in total. The van der Waals surface area contributed by atoms with Crippen LogP contribution in [0, 0.1) is 6.92 Å². The van der Waals surface area contributed by atoms with Gasteiger partial charge in [-0.2, -0.15) is 5.10 Å². The number of carbonyl (C=O) groups excluding carboxylic acids is 1. The van der Waals surface area contributed by atoms with Gasteiger partial charge in [-0.1, -0.05) is 11.6 Å². The fourth-order valence-electron chi connectivity index (χ4n) is 1.89. The van der Waals surface area contributed by atoms with Crippen molar-refractivity contribution in [1.29, 1.82) is 0 Å². The number of nitrogens with one attached hydrogen (secondary N) is 1. The average Bonchev–Trinajstić information content (AvgIpc) is 2.67. The fraction of sp³-hybridized carbons (Fsp3) is 0.636. The number of aromatic nitrogens is 2. The van der Waals surface area contributed by atoms with Crippen molar-refractivity contribution in [1.82, 2.24) is 20.0 Å². The van der Waals surface area contributed by atoms with Crippen LogP contribution < -0.4 is 5.32 Å². The summed E-state index contributed by atoms with van der Waals surface area (Å²) in [5.74, 6) is 0.191. The van der Waals surface area contributed by atoms with E-state index in [0.29, 0.717) is 18.0 Å². The molecule has 5 nitrogen and oxygen atoms in total. The molecule has 94 valence electrons. The molecule has 0 atom stereocenters. The molecule has 1 fully saturated rings. The van der Waals surface area contributed by atoms with Crippen molar-refractivity contribution in [3.05, 3.63) is 16.9 Å². The zero-order valence-corrected chi connectivity index (χ0v) is 10.7. The molecule has 0 saturated carbocycles. The fourth-order valence-corrected chi connectivity index (χ4v) is 2.04. The molecular formula is C11H17ClN4O. The van der Waals surface area contributed by atoms with E-state index in [1.54, 1.807) is 10.9 Å². The molecule has 0 aromatic carbocycles. The van der Waals surface area contributed by atoms with Crippen molar-refractivity contribution < 1.29 is 4.79 Å². The van der Waals surface area contributed by atoms with Crippen LogP contribution in [0.2, 0.25) is 5.02 Å². The lowest BCUT2D eigenvalue weighted by Gasteiger charge is -2.27. The van der Waals surface area contributed by atoms with E-state index in [4.69, 9.17) is 11.6 Å². The first-order chi connectivity index (χ1) is 8.16. The normalized spacial score (nSPS) is 16.2. The van der Waals surface area contributed by atoms with E-state index < -0.39 is 0 Å². The Labute approximate surface area is 106 Å². The number of carbonyl (C=O) groups is 1. The minimum atomic E-state index is 0.191. The first-order valence-electron chi connectivity index (χ1n) is 5.85. The molecule has 2 heterocycles. The first kappa shape index (κ1) is 12.4. The van der Waals surface area contributed by atoms with Crippen molar-refractivity contribution in [2.24, 2.45) is 0 Å². The number of aryl methyl sites for hydroxylation is 2. The molecule has 1 aromatic heterocycles. The number of halogens is 1. The summed E-state index contributed by atoms with van der Waals surface area (Å²) in [4.78, 5) is 13.8. The molecule has 17 heavy (non-hydrogen) atoms. The lowest BCUT2D eigenvalue weighted by molar-refractivity contribution is -0.132. The van der Waals surface area contributed by atoms with Gasteiger partial charge >= 0.3 is 0 Å². The summed E-state index contributed by atoms with van der Waals surface area (Å²) in [7, 11) is 0. The Morgan fingerprint density at radius 1 is 1.53 bits per heavy atom. The van der Waals surface area contributed by atoms with Crippen molar-refractivity contribution in [2.45, 2.75) is 19.9 Å². The first-order valence-corrected chi connectivity index (χ1v) is 6.22. The molecule has 0 spiro atoms. The second-order valence-electron chi connectivity index (χ2n) is 4.21. The van der Waals surface area contributed by atoms with Crippen molar-refractivity contribution >= 4 is 17.5 Å². The molecule has 1 saturated heterocycles. The maximum absolute atomic E-state index is 11.9. The molecule has 0 bridgehead atoms. The van der Waals surface area contributed by atoms with Crippen molar-refractivity contribution in [3.63, 3.8) is 0 Å². The van der Waals surface area contributed by atoms with Gasteiger partial charge in [-0.05, 0) is 6.92 Å². The van der Waals surface area contributed by atoms with E-state index in [0.717, 1.165) is 31.9 Å². The van der Waals surface area contributed by atoms with Gasteiger partial charge in [0.15, 0.2) is 0 Å². The molecular weight excluding hydrogens is 240 g/mol. The smallest absolute Gasteiger partial charge is 0.224 e. The van der Waals surface area contributed by atoms with Gasteiger partial charge in [-0.15, -0.1) is 0 Å². The zero-order chi connectivity index (χ0) is 12.3. The summed E-state index contributed by atoms with van der Waals surface area (Å²) in [6, 6.07) is 0. The van der Waals surface area contributed by atoms with Crippen molar-refractivity contribution in [2.75, 3.05) is 26.2 Å². The topological polar surface area (TPSA) is 50.2 Å². The summed E-state index contributed by atoms with van der Waals surface area (Å²) in [5, 5.41) is 8.11. The van der Waals surface area contributed by atoms with Crippen LogP contribution in [-0.2, 0) is 11.3 Å². The van der Waals surface area contributed by atoms with Gasteiger partial charge in [0.2, 0.25) is 5.91 Å². The predicted molar refractivity (Wildman–Crippen MR) is 66.0 cm³/mol. The van der Waals surface area contributed by atoms with Gasteiger partial charge in [0, 0.05) is 45.3 Å². The third-order valence-electron chi connectivity index (χ3n) is 2.91. The van der Waals surface area contributed by atoms with Crippen molar-refractivity contribution in [3.8, 4) is 0 Å². The molecule has 1 amide bonds. The highest BCUT2D eigenvalue weighted by atomic mass is 35.5. The van der Waals surface area contributed by atoms with Crippen LogP contribution in [0.4, 0.5) is 0 Å². The van der Waals surface area contributed by atoms with Crippen LogP contribution in [0.1, 0.15) is 12.1 Å². The highest BCUT2D eigenvalue weighted by molar-refractivity contribution is 6.31. The number of piperazine rings is 1. The van der Waals surface area contributed by atoms with Gasteiger partial charge in [0.1, 0.15) is 0 Å². The second-order valence-corrected chi connectivity index (χ2v) is 4.61. The Balaban J connectivity index is 1.83. The summed E-state index contributed by atoms with van der Waals surface area (Å²) < 4.78 is 1.73. The van der Waals surface area contributed by atoms with E-state index in [1.807, 2.05) is 11.8 Å². The standard InChI is InChI=1S/C11H17ClN4O/c1-9-10(12)8-16(14-9)5-2-11(17)15-6-3-13-4-7-15/h8,13H,2-7H2,1H3. The van der Waals surface area contributed by atoms with Gasteiger partial charge in [-0.3, -0.25) is 9.48 Å². The summed E-state index contributed by atoms with van der Waals surface area (Å²) in [6.07, 6.45) is 2.25. The molecule has 0 radical (unpaired) electrons. The molecule has 1 aliphatic rings. The highest BCUT2D eigenvalue weighted by Crippen LogP contribution is 2.12. The monoisotopic (exact) mass is 256 g/mol. The minimum Gasteiger partial charge on any atom is -0.340 e. The number of hydrogen-bond acceptors (Lipinski definition) is 3. The van der Waals surface area contributed by atoms with E-state index in [9.17, 15) is 4.79 Å². The summed E-state index contributed by atoms with van der Waals surface area (Å²) in [6.45, 7) is 5.83. The maximum Gasteiger partial charge on any atom is 0.224 e. The highest BCUT2D eigenvalue weighted by Gasteiger charge is 2.15. The number of rotatable bonds is 3. The Morgan fingerprint density at radius 3 is 2.82 bits per heavy atom. The van der Waals surface area contributed by atoms with Gasteiger partial charge in [0.25, 0.3) is 0 Å². The molecule has 1 aromatic rings. The Hall–Kier alpha value is -1.07. The molecule has 0 aliphatic carbocycles. The average molecular weight is 257 g/mol. The predicted octanol–water partition coefficient (Wildman–Crippen LogP) is 0.667. The Bertz CT molecular complexity index is 379. The summed E-state index contributed by atoms with van der Waals surface area (Å²) >= 11 is 5.91. The number of nitrogens with zero attached hydrogens (tertiary/aromatic N) is 3. The molecule has 1 aliphatic heterocycles. The van der Waals surface area contributed by atoms with Crippen LogP contribution in [0.3, 0.4) is 0 Å². The Morgan fingerprint density at radius 2 is 2.24 bits per heavy atom. The molecule has 0 unspecified atom stereocenters.